The first kappa shape index (κ1) is 18.2. The van der Waals surface area contributed by atoms with Crippen LogP contribution in [0.5, 0.6) is 5.75 Å². The minimum atomic E-state index is -0.637. The number of rotatable bonds is 7. The first-order chi connectivity index (χ1) is 13.1. The van der Waals surface area contributed by atoms with Crippen molar-refractivity contribution in [3.05, 3.63) is 84.1 Å². The van der Waals surface area contributed by atoms with Gasteiger partial charge < -0.3 is 19.2 Å². The van der Waals surface area contributed by atoms with Gasteiger partial charge in [0.2, 0.25) is 0 Å². The van der Waals surface area contributed by atoms with Crippen LogP contribution in [-0.2, 0) is 4.74 Å². The Balaban J connectivity index is 1.57. The van der Waals surface area contributed by atoms with Gasteiger partial charge in [0.15, 0.2) is 17.3 Å². The average Bonchev–Trinajstić information content (AvgIpc) is 3.22. The summed E-state index contributed by atoms with van der Waals surface area (Å²) in [6.45, 7) is -0.0821. The molecular formula is C20H16FNO5. The number of ether oxygens (including phenoxy) is 2. The smallest absolute Gasteiger partial charge is 0.340 e. The van der Waals surface area contributed by atoms with E-state index < -0.39 is 17.7 Å². The lowest BCUT2D eigenvalue weighted by molar-refractivity contribution is 0.0449. The van der Waals surface area contributed by atoms with Crippen molar-refractivity contribution in [1.29, 1.82) is 0 Å². The second-order valence-electron chi connectivity index (χ2n) is 5.39. The lowest BCUT2D eigenvalue weighted by atomic mass is 10.1. The third kappa shape index (κ3) is 4.72. The topological polar surface area (TPSA) is 77.8 Å². The molecule has 0 radical (unpaired) electrons. The van der Waals surface area contributed by atoms with Crippen LogP contribution in [0.4, 0.5) is 10.1 Å². The van der Waals surface area contributed by atoms with E-state index in [1.54, 1.807) is 36.4 Å². The standard InChI is InChI=1S/C20H16FNO5/c21-15-7-2-4-9-17(15)26-12-13-27-20(24)14-6-1-3-8-16(14)22-19(23)18-10-5-11-25-18/h1-11H,12-13H2,(H,22,23). The number of esters is 1. The molecule has 3 rings (SSSR count). The van der Waals surface area contributed by atoms with Gasteiger partial charge in [0.1, 0.15) is 13.2 Å². The van der Waals surface area contributed by atoms with Crippen LogP contribution in [0.15, 0.2) is 71.3 Å². The number of furan rings is 1. The molecule has 3 aromatic rings. The molecule has 0 fully saturated rings. The van der Waals surface area contributed by atoms with Gasteiger partial charge in [-0.2, -0.15) is 0 Å². The molecule has 0 atom stereocenters. The molecule has 7 heteroatoms. The molecule has 27 heavy (non-hydrogen) atoms. The van der Waals surface area contributed by atoms with Crippen LogP contribution in [0.1, 0.15) is 20.9 Å². The van der Waals surface area contributed by atoms with Crippen molar-refractivity contribution in [1.82, 2.24) is 0 Å². The van der Waals surface area contributed by atoms with Gasteiger partial charge in [-0.15, -0.1) is 0 Å². The van der Waals surface area contributed by atoms with Gasteiger partial charge >= 0.3 is 5.97 Å². The fraction of sp³-hybridized carbons (Fsp3) is 0.100. The Morgan fingerprint density at radius 1 is 0.963 bits per heavy atom. The number of anilines is 1. The van der Waals surface area contributed by atoms with Gasteiger partial charge in [0, 0.05) is 0 Å². The Hall–Kier alpha value is -3.61. The zero-order valence-corrected chi connectivity index (χ0v) is 14.2. The molecule has 1 heterocycles. The average molecular weight is 369 g/mol. The first-order valence-corrected chi connectivity index (χ1v) is 8.13. The maximum Gasteiger partial charge on any atom is 0.340 e. The summed E-state index contributed by atoms with van der Waals surface area (Å²) in [6.07, 6.45) is 1.38. The minimum Gasteiger partial charge on any atom is -0.487 e. The van der Waals surface area contributed by atoms with Crippen LogP contribution < -0.4 is 10.1 Å². The first-order valence-electron chi connectivity index (χ1n) is 8.13. The summed E-state index contributed by atoms with van der Waals surface area (Å²) in [4.78, 5) is 24.4. The number of nitrogens with one attached hydrogen (secondary N) is 1. The summed E-state index contributed by atoms with van der Waals surface area (Å²) in [7, 11) is 0. The largest absolute Gasteiger partial charge is 0.487 e. The van der Waals surface area contributed by atoms with Gasteiger partial charge in [0.25, 0.3) is 5.91 Å². The molecule has 2 aromatic carbocycles. The van der Waals surface area contributed by atoms with Crippen LogP contribution in [-0.4, -0.2) is 25.1 Å². The van der Waals surface area contributed by atoms with Gasteiger partial charge in [0.05, 0.1) is 17.5 Å². The fourth-order valence-corrected chi connectivity index (χ4v) is 2.29. The van der Waals surface area contributed by atoms with Gasteiger partial charge in [-0.05, 0) is 36.4 Å². The van der Waals surface area contributed by atoms with E-state index in [0.717, 1.165) is 0 Å². The van der Waals surface area contributed by atoms with Crippen LogP contribution in [0.25, 0.3) is 0 Å². The second kappa shape index (κ2) is 8.66. The molecule has 0 aliphatic heterocycles. The number of hydrogen-bond donors (Lipinski definition) is 1. The van der Waals surface area contributed by atoms with Gasteiger partial charge in [-0.1, -0.05) is 24.3 Å². The van der Waals surface area contributed by atoms with Crippen molar-refractivity contribution in [2.75, 3.05) is 18.5 Å². The molecular weight excluding hydrogens is 353 g/mol. The Morgan fingerprint density at radius 3 is 2.52 bits per heavy atom. The van der Waals surface area contributed by atoms with Crippen LogP contribution in [0.3, 0.4) is 0 Å². The summed E-state index contributed by atoms with van der Waals surface area (Å²) in [5, 5.41) is 2.60. The maximum absolute atomic E-state index is 13.5. The summed E-state index contributed by atoms with van der Waals surface area (Å²) in [5.74, 6) is -1.41. The number of carbonyl (C=O) groups is 2. The Morgan fingerprint density at radius 2 is 1.74 bits per heavy atom. The third-order valence-electron chi connectivity index (χ3n) is 3.55. The Bertz CT molecular complexity index is 924. The molecule has 138 valence electrons. The lowest BCUT2D eigenvalue weighted by Crippen LogP contribution is -2.17. The molecule has 0 aliphatic carbocycles. The minimum absolute atomic E-state index is 0.00635. The van der Waals surface area contributed by atoms with Crippen molar-refractivity contribution in [3.8, 4) is 5.75 Å². The van der Waals surface area contributed by atoms with E-state index in [2.05, 4.69) is 5.32 Å². The number of halogens is 1. The quantitative estimate of drug-likeness (QED) is 0.505. The zero-order valence-electron chi connectivity index (χ0n) is 14.2. The van der Waals surface area contributed by atoms with E-state index in [1.807, 2.05) is 0 Å². The Kier molecular flexibility index (Phi) is 5.84. The van der Waals surface area contributed by atoms with Crippen molar-refractivity contribution in [2.45, 2.75) is 0 Å². The van der Waals surface area contributed by atoms with Crippen LogP contribution in [0.2, 0.25) is 0 Å². The lowest BCUT2D eigenvalue weighted by Gasteiger charge is -2.11. The van der Waals surface area contributed by atoms with E-state index in [9.17, 15) is 14.0 Å². The molecule has 0 unspecified atom stereocenters. The van der Waals surface area contributed by atoms with Crippen LogP contribution in [0, 0.1) is 5.82 Å². The highest BCUT2D eigenvalue weighted by Crippen LogP contribution is 2.18. The van der Waals surface area contributed by atoms with E-state index in [0.29, 0.717) is 5.69 Å². The fourth-order valence-electron chi connectivity index (χ4n) is 2.29. The van der Waals surface area contributed by atoms with Crippen molar-refractivity contribution in [3.63, 3.8) is 0 Å². The normalized spacial score (nSPS) is 10.3. The highest BCUT2D eigenvalue weighted by molar-refractivity contribution is 6.06. The summed E-state index contributed by atoms with van der Waals surface area (Å²) < 4.78 is 28.8. The summed E-state index contributed by atoms with van der Waals surface area (Å²) in [5.41, 5.74) is 0.474. The van der Waals surface area contributed by atoms with E-state index >= 15 is 0 Å². The molecule has 1 amide bonds. The predicted octanol–water partition coefficient (Wildman–Crippen LogP) is 3.91. The number of benzene rings is 2. The van der Waals surface area contributed by atoms with E-state index in [4.69, 9.17) is 13.9 Å². The number of para-hydroxylation sites is 2. The highest BCUT2D eigenvalue weighted by Gasteiger charge is 2.16. The van der Waals surface area contributed by atoms with E-state index in [1.165, 1.54) is 30.5 Å². The third-order valence-corrected chi connectivity index (χ3v) is 3.55. The maximum atomic E-state index is 13.5. The predicted molar refractivity (Wildman–Crippen MR) is 95.3 cm³/mol. The molecule has 1 N–H and O–H groups in total. The Labute approximate surface area is 154 Å². The van der Waals surface area contributed by atoms with E-state index in [-0.39, 0.29) is 30.3 Å². The molecule has 0 bridgehead atoms. The molecule has 1 aromatic heterocycles. The molecule has 6 nitrogen and oxygen atoms in total. The zero-order chi connectivity index (χ0) is 19.1. The SMILES string of the molecule is O=C(Nc1ccccc1C(=O)OCCOc1ccccc1F)c1ccco1. The summed E-state index contributed by atoms with van der Waals surface area (Å²) in [6, 6.07) is 15.5. The molecule has 0 aliphatic rings. The van der Waals surface area contributed by atoms with Crippen molar-refractivity contribution >= 4 is 17.6 Å². The van der Waals surface area contributed by atoms with Crippen molar-refractivity contribution in [2.24, 2.45) is 0 Å². The van der Waals surface area contributed by atoms with Crippen LogP contribution >= 0.6 is 0 Å². The van der Waals surface area contributed by atoms with Crippen molar-refractivity contribution < 1.29 is 27.9 Å². The van der Waals surface area contributed by atoms with Gasteiger partial charge in [-0.3, -0.25) is 4.79 Å². The van der Waals surface area contributed by atoms with Gasteiger partial charge in [-0.25, -0.2) is 9.18 Å². The molecule has 0 saturated heterocycles. The monoisotopic (exact) mass is 369 g/mol. The number of hydrogen-bond acceptors (Lipinski definition) is 5. The molecule has 0 saturated carbocycles. The summed E-state index contributed by atoms with van der Waals surface area (Å²) >= 11 is 0. The second-order valence-corrected chi connectivity index (χ2v) is 5.39. The highest BCUT2D eigenvalue weighted by atomic mass is 19.1. The molecule has 0 spiro atoms. The number of amides is 1. The number of carbonyl (C=O) groups excluding carboxylic acids is 2.